The molecule has 0 saturated heterocycles. The Balaban J connectivity index is 2.11. The number of rotatable bonds is 5. The van der Waals surface area contributed by atoms with Crippen LogP contribution in [-0.2, 0) is 4.79 Å². The van der Waals surface area contributed by atoms with Gasteiger partial charge in [-0.25, -0.2) is 0 Å². The maximum atomic E-state index is 12.2. The fourth-order valence-corrected chi connectivity index (χ4v) is 2.47. The van der Waals surface area contributed by atoms with Gasteiger partial charge in [-0.05, 0) is 37.1 Å². The van der Waals surface area contributed by atoms with Crippen molar-refractivity contribution in [3.8, 4) is 5.75 Å². The summed E-state index contributed by atoms with van der Waals surface area (Å²) in [6, 6.07) is 5.71. The van der Waals surface area contributed by atoms with Crippen LogP contribution in [0.3, 0.4) is 0 Å². The topological polar surface area (TPSA) is 58.6 Å². The van der Waals surface area contributed by atoms with Crippen LogP contribution in [0.2, 0.25) is 0 Å². The Bertz CT molecular complexity index is 528. The molecule has 2 rings (SSSR count). The van der Waals surface area contributed by atoms with Crippen LogP contribution < -0.4 is 10.1 Å². The van der Waals surface area contributed by atoms with E-state index in [9.17, 15) is 4.79 Å². The minimum atomic E-state index is -0.129. The molecule has 4 nitrogen and oxygen atoms in total. The van der Waals surface area contributed by atoms with E-state index in [1.165, 1.54) is 0 Å². The first-order chi connectivity index (χ1) is 9.63. The molecular weight excluding hydrogens is 322 g/mol. The molecule has 0 aliphatic carbocycles. The number of halogens is 1. The molecule has 1 aromatic carbocycles. The molecule has 1 aliphatic heterocycles. The summed E-state index contributed by atoms with van der Waals surface area (Å²) in [6.07, 6.45) is 3.21. The predicted molar refractivity (Wildman–Crippen MR) is 81.5 cm³/mol. The lowest BCUT2D eigenvalue weighted by Crippen LogP contribution is -2.37. The number of amides is 1. The number of aliphatic hydroxyl groups excluding tert-OH is 1. The number of hydrogen-bond donors (Lipinski definition) is 2. The van der Waals surface area contributed by atoms with Gasteiger partial charge < -0.3 is 15.2 Å². The largest absolute Gasteiger partial charge is 0.488 e. The fourth-order valence-electron chi connectivity index (χ4n) is 2.09. The maximum Gasteiger partial charge on any atom is 0.250 e. The smallest absolute Gasteiger partial charge is 0.250 e. The van der Waals surface area contributed by atoms with Crippen molar-refractivity contribution in [2.45, 2.75) is 25.8 Å². The van der Waals surface area contributed by atoms with Gasteiger partial charge in [0.05, 0.1) is 5.57 Å². The van der Waals surface area contributed by atoms with Crippen molar-refractivity contribution in [1.29, 1.82) is 0 Å². The average molecular weight is 340 g/mol. The first kappa shape index (κ1) is 15.1. The molecule has 1 unspecified atom stereocenters. The van der Waals surface area contributed by atoms with E-state index >= 15 is 0 Å². The van der Waals surface area contributed by atoms with E-state index in [0.717, 1.165) is 22.2 Å². The van der Waals surface area contributed by atoms with Crippen LogP contribution in [0.5, 0.6) is 5.75 Å². The van der Waals surface area contributed by atoms with E-state index in [4.69, 9.17) is 9.84 Å². The molecule has 1 atom stereocenters. The summed E-state index contributed by atoms with van der Waals surface area (Å²) in [6.45, 7) is 2.33. The quantitative estimate of drug-likeness (QED) is 0.866. The molecule has 20 heavy (non-hydrogen) atoms. The minimum Gasteiger partial charge on any atom is -0.488 e. The van der Waals surface area contributed by atoms with Gasteiger partial charge in [-0.3, -0.25) is 4.79 Å². The van der Waals surface area contributed by atoms with Crippen LogP contribution >= 0.6 is 15.9 Å². The Morgan fingerprint density at radius 1 is 1.55 bits per heavy atom. The molecule has 0 saturated carbocycles. The van der Waals surface area contributed by atoms with Crippen molar-refractivity contribution >= 4 is 27.9 Å². The van der Waals surface area contributed by atoms with Crippen LogP contribution in [-0.4, -0.2) is 30.3 Å². The zero-order chi connectivity index (χ0) is 14.5. The highest BCUT2D eigenvalue weighted by Crippen LogP contribution is 2.29. The molecule has 0 radical (unpaired) electrons. The number of benzene rings is 1. The number of hydrogen-bond acceptors (Lipinski definition) is 3. The summed E-state index contributed by atoms with van der Waals surface area (Å²) in [5, 5.41) is 11.9. The van der Waals surface area contributed by atoms with Gasteiger partial charge in [-0.1, -0.05) is 22.9 Å². The third kappa shape index (κ3) is 3.61. The minimum absolute atomic E-state index is 0.00249. The summed E-state index contributed by atoms with van der Waals surface area (Å²) in [5.74, 6) is 0.656. The molecule has 5 heteroatoms. The lowest BCUT2D eigenvalue weighted by atomic mass is 10.1. The number of aliphatic hydroxyl groups is 1. The van der Waals surface area contributed by atoms with E-state index in [2.05, 4.69) is 21.2 Å². The Kier molecular flexibility index (Phi) is 5.20. The highest BCUT2D eigenvalue weighted by molar-refractivity contribution is 9.10. The molecule has 0 fully saturated rings. The van der Waals surface area contributed by atoms with E-state index in [-0.39, 0.29) is 25.2 Å². The molecule has 1 aromatic rings. The summed E-state index contributed by atoms with van der Waals surface area (Å²) >= 11 is 3.41. The second kappa shape index (κ2) is 6.90. The third-order valence-corrected chi connectivity index (χ3v) is 3.78. The second-order valence-corrected chi connectivity index (χ2v) is 5.65. The number of nitrogens with one attached hydrogen (secondary N) is 1. The number of ether oxygens (including phenoxy) is 1. The molecule has 2 N–H and O–H groups in total. The van der Waals surface area contributed by atoms with Gasteiger partial charge in [0.15, 0.2) is 0 Å². The van der Waals surface area contributed by atoms with Gasteiger partial charge in [0.1, 0.15) is 12.4 Å². The zero-order valence-corrected chi connectivity index (χ0v) is 12.9. The van der Waals surface area contributed by atoms with Crippen LogP contribution in [0, 0.1) is 0 Å². The van der Waals surface area contributed by atoms with Crippen molar-refractivity contribution in [3.05, 3.63) is 33.8 Å². The summed E-state index contributed by atoms with van der Waals surface area (Å²) in [5.41, 5.74) is 1.50. The van der Waals surface area contributed by atoms with Crippen molar-refractivity contribution in [1.82, 2.24) is 5.32 Å². The fraction of sp³-hybridized carbons (Fsp3) is 0.400. The Morgan fingerprint density at radius 2 is 2.35 bits per heavy atom. The normalized spacial score (nSPS) is 14.8. The van der Waals surface area contributed by atoms with E-state index in [1.54, 1.807) is 0 Å². The zero-order valence-electron chi connectivity index (χ0n) is 11.4. The maximum absolute atomic E-state index is 12.2. The molecule has 1 amide bonds. The van der Waals surface area contributed by atoms with Gasteiger partial charge in [-0.2, -0.15) is 0 Å². The van der Waals surface area contributed by atoms with E-state index in [0.29, 0.717) is 12.0 Å². The van der Waals surface area contributed by atoms with Crippen LogP contribution in [0.15, 0.2) is 28.2 Å². The Labute approximate surface area is 127 Å². The van der Waals surface area contributed by atoms with Crippen LogP contribution in [0.1, 0.15) is 25.3 Å². The van der Waals surface area contributed by atoms with Crippen molar-refractivity contribution in [3.63, 3.8) is 0 Å². The first-order valence-corrected chi connectivity index (χ1v) is 7.48. The highest BCUT2D eigenvalue weighted by Gasteiger charge is 2.19. The third-order valence-electron chi connectivity index (χ3n) is 3.28. The molecular formula is C15H18BrNO3. The molecule has 1 aliphatic rings. The molecule has 108 valence electrons. The molecule has 1 heterocycles. The van der Waals surface area contributed by atoms with Crippen molar-refractivity contribution < 1.29 is 14.6 Å². The van der Waals surface area contributed by atoms with E-state index in [1.807, 2.05) is 31.2 Å². The Hall–Kier alpha value is -1.33. The van der Waals surface area contributed by atoms with Gasteiger partial charge in [0.25, 0.3) is 5.91 Å². The van der Waals surface area contributed by atoms with Crippen molar-refractivity contribution in [2.24, 2.45) is 0 Å². The first-order valence-electron chi connectivity index (χ1n) is 6.68. The Morgan fingerprint density at radius 3 is 3.05 bits per heavy atom. The summed E-state index contributed by atoms with van der Waals surface area (Å²) < 4.78 is 6.54. The lowest BCUT2D eigenvalue weighted by molar-refractivity contribution is -0.118. The van der Waals surface area contributed by atoms with Gasteiger partial charge in [0, 0.05) is 22.7 Å². The van der Waals surface area contributed by atoms with Gasteiger partial charge >= 0.3 is 0 Å². The SMILES string of the molecule is CCC(CCO)NC(=O)C1=Cc2cc(Br)ccc2OC1. The number of carbonyl (C=O) groups excluding carboxylic acids is 1. The number of carbonyl (C=O) groups is 1. The monoisotopic (exact) mass is 339 g/mol. The average Bonchev–Trinajstić information content (AvgIpc) is 2.45. The predicted octanol–water partition coefficient (Wildman–Crippen LogP) is 2.50. The van der Waals surface area contributed by atoms with Crippen molar-refractivity contribution in [2.75, 3.05) is 13.2 Å². The second-order valence-electron chi connectivity index (χ2n) is 4.73. The molecule has 0 aromatic heterocycles. The highest BCUT2D eigenvalue weighted by atomic mass is 79.9. The lowest BCUT2D eigenvalue weighted by Gasteiger charge is -2.20. The summed E-state index contributed by atoms with van der Waals surface area (Å²) in [4.78, 5) is 12.2. The van der Waals surface area contributed by atoms with Gasteiger partial charge in [-0.15, -0.1) is 0 Å². The van der Waals surface area contributed by atoms with E-state index < -0.39 is 0 Å². The van der Waals surface area contributed by atoms with Crippen LogP contribution in [0.25, 0.3) is 6.08 Å². The standard InChI is InChI=1S/C15H18BrNO3/c1-2-13(5-6-18)17-15(19)11-7-10-8-12(16)3-4-14(10)20-9-11/h3-4,7-8,13,18H,2,5-6,9H2,1H3,(H,17,19). The van der Waals surface area contributed by atoms with Crippen LogP contribution in [0.4, 0.5) is 0 Å². The molecule has 0 bridgehead atoms. The van der Waals surface area contributed by atoms with Gasteiger partial charge in [0.2, 0.25) is 0 Å². The summed E-state index contributed by atoms with van der Waals surface area (Å²) in [7, 11) is 0. The number of fused-ring (bicyclic) bond motifs is 1. The molecule has 0 spiro atoms.